The van der Waals surface area contributed by atoms with Gasteiger partial charge >= 0.3 is 0 Å². The first kappa shape index (κ1) is 30.4. The zero-order valence-electron chi connectivity index (χ0n) is 30.0. The number of hydrogen-bond acceptors (Lipinski definition) is 4. The van der Waals surface area contributed by atoms with Crippen molar-refractivity contribution in [2.75, 3.05) is 0 Å². The summed E-state index contributed by atoms with van der Waals surface area (Å²) in [4.78, 5) is 10.9. The molecule has 3 heterocycles. The van der Waals surface area contributed by atoms with Crippen LogP contribution in [0, 0.1) is 0 Å². The zero-order valence-corrected chi connectivity index (χ0v) is 30.8. The van der Waals surface area contributed by atoms with Crippen molar-refractivity contribution in [2.45, 2.75) is 37.5 Å². The van der Waals surface area contributed by atoms with E-state index in [1.54, 1.807) is 11.3 Å². The van der Waals surface area contributed by atoms with Crippen LogP contribution in [0.2, 0.25) is 0 Å². The topological polar surface area (TPSA) is 35.0 Å². The molecule has 0 bridgehead atoms. The number of rotatable bonds is 2. The lowest BCUT2D eigenvalue weighted by Gasteiger charge is -2.42. The van der Waals surface area contributed by atoms with Crippen molar-refractivity contribution >= 4 is 31.6 Å². The van der Waals surface area contributed by atoms with Gasteiger partial charge < -0.3 is 4.74 Å². The van der Waals surface area contributed by atoms with E-state index in [-0.39, 0.29) is 5.41 Å². The van der Waals surface area contributed by atoms with Crippen molar-refractivity contribution in [2.24, 2.45) is 0 Å². The predicted octanol–water partition coefficient (Wildman–Crippen LogP) is 12.8. The number of thiophene rings is 1. The van der Waals surface area contributed by atoms with E-state index in [0.29, 0.717) is 0 Å². The smallest absolute Gasteiger partial charge is 0.160 e. The van der Waals surface area contributed by atoms with Gasteiger partial charge in [-0.3, -0.25) is 0 Å². The molecule has 3 nitrogen and oxygen atoms in total. The molecule has 1 spiro atoms. The minimum absolute atomic E-state index is 0.0583. The summed E-state index contributed by atoms with van der Waals surface area (Å²) in [7, 11) is 0. The second-order valence-electron chi connectivity index (χ2n) is 15.5. The van der Waals surface area contributed by atoms with Gasteiger partial charge in [0.25, 0.3) is 0 Å². The maximum atomic E-state index is 6.61. The molecule has 6 aromatic carbocycles. The number of allylic oxidation sites excluding steroid dienone is 3. The first-order valence-electron chi connectivity index (χ1n) is 18.9. The van der Waals surface area contributed by atoms with Gasteiger partial charge in [0.2, 0.25) is 0 Å². The summed E-state index contributed by atoms with van der Waals surface area (Å²) in [6.45, 7) is 4.65. The van der Waals surface area contributed by atoms with E-state index >= 15 is 0 Å². The molecular weight excluding hydrogens is 677 g/mol. The third kappa shape index (κ3) is 3.86. The van der Waals surface area contributed by atoms with Gasteiger partial charge in [0.15, 0.2) is 5.82 Å². The Labute approximate surface area is 318 Å². The van der Waals surface area contributed by atoms with E-state index < -0.39 is 5.41 Å². The van der Waals surface area contributed by atoms with Crippen molar-refractivity contribution in [1.82, 2.24) is 9.97 Å². The van der Waals surface area contributed by atoms with Crippen molar-refractivity contribution in [3.05, 3.63) is 185 Å². The van der Waals surface area contributed by atoms with E-state index in [2.05, 4.69) is 159 Å². The number of nitrogens with zero attached hydrogens (tertiary/aromatic N) is 2. The highest BCUT2D eigenvalue weighted by Crippen LogP contribution is 2.62. The molecule has 2 aromatic heterocycles. The first-order valence-corrected chi connectivity index (χ1v) is 19.7. The van der Waals surface area contributed by atoms with E-state index in [0.717, 1.165) is 57.2 Å². The standard InChI is InChI=1S/C50H34N2OS/c1-49(2)36-16-6-3-13-31(36)34-28-30(24-25-37(34)49)48-51-45(47-46(52-48)33-15-5-12-22-44(33)54-47)29-23-26-39-35(27-29)32-14-4-7-17-38(32)50(39)40-18-8-10-20-42(40)53-43-21-11-9-19-41(43)50/h3-8,10,12-28H,9,11H2,1-2H3. The molecular formula is C50H34N2OS. The summed E-state index contributed by atoms with van der Waals surface area (Å²) in [5.41, 5.74) is 16.5. The summed E-state index contributed by atoms with van der Waals surface area (Å²) in [5.74, 6) is 2.67. The number of benzene rings is 6. The highest BCUT2D eigenvalue weighted by Gasteiger charge is 2.52. The SMILES string of the molecule is CC1(C)c2ccccc2-c2cc(-c3nc(-c4ccc5c(c4)-c4ccccc4C54C5=CCCC=C5Oc5ccccc54)c4sc5ccccc5c4n3)ccc21. The predicted molar refractivity (Wildman–Crippen MR) is 221 cm³/mol. The van der Waals surface area contributed by atoms with Gasteiger partial charge in [-0.15, -0.1) is 11.3 Å². The molecule has 256 valence electrons. The number of para-hydroxylation sites is 1. The molecule has 3 aliphatic carbocycles. The molecule has 0 saturated carbocycles. The number of fused-ring (bicyclic) bond motifs is 15. The van der Waals surface area contributed by atoms with E-state index in [4.69, 9.17) is 14.7 Å². The normalized spacial score (nSPS) is 18.3. The minimum atomic E-state index is -0.455. The number of hydrogen-bond donors (Lipinski definition) is 0. The number of ether oxygens (including phenoxy) is 1. The van der Waals surface area contributed by atoms with Crippen LogP contribution in [0.1, 0.15) is 54.5 Å². The van der Waals surface area contributed by atoms with Gasteiger partial charge in [0, 0.05) is 37.8 Å². The maximum absolute atomic E-state index is 6.61. The minimum Gasteiger partial charge on any atom is -0.457 e. The van der Waals surface area contributed by atoms with Gasteiger partial charge in [-0.1, -0.05) is 129 Å². The molecule has 1 aliphatic heterocycles. The fraction of sp³-hybridized carbons (Fsp3) is 0.120. The Balaban J connectivity index is 1.11. The summed E-state index contributed by atoms with van der Waals surface area (Å²) >= 11 is 1.79. The fourth-order valence-electron chi connectivity index (χ4n) is 10.0. The Morgan fingerprint density at radius 2 is 1.20 bits per heavy atom. The molecule has 12 rings (SSSR count). The zero-order chi connectivity index (χ0) is 35.8. The monoisotopic (exact) mass is 710 g/mol. The Hall–Kier alpha value is -6.10. The number of aromatic nitrogens is 2. The molecule has 4 heteroatoms. The molecule has 1 atom stereocenters. The largest absolute Gasteiger partial charge is 0.457 e. The molecule has 0 saturated heterocycles. The van der Waals surface area contributed by atoms with Crippen LogP contribution in [0.25, 0.3) is 65.2 Å². The van der Waals surface area contributed by atoms with Crippen LogP contribution >= 0.6 is 11.3 Å². The summed E-state index contributed by atoms with van der Waals surface area (Å²) in [6, 6.07) is 48.9. The molecule has 0 N–H and O–H groups in total. The summed E-state index contributed by atoms with van der Waals surface area (Å²) in [6.07, 6.45) is 6.68. The highest BCUT2D eigenvalue weighted by atomic mass is 32.1. The molecule has 1 unspecified atom stereocenters. The molecule has 8 aromatic rings. The third-order valence-electron chi connectivity index (χ3n) is 12.4. The lowest BCUT2D eigenvalue weighted by molar-refractivity contribution is 0.383. The van der Waals surface area contributed by atoms with Gasteiger partial charge in [-0.05, 0) is 87.7 Å². The van der Waals surface area contributed by atoms with Crippen LogP contribution in [0.4, 0.5) is 0 Å². The van der Waals surface area contributed by atoms with Crippen LogP contribution in [0.5, 0.6) is 5.75 Å². The van der Waals surface area contributed by atoms with Crippen molar-refractivity contribution < 1.29 is 4.74 Å². The Kier molecular flexibility index (Phi) is 6.04. The Bertz CT molecular complexity index is 3020. The van der Waals surface area contributed by atoms with Crippen LogP contribution in [0.15, 0.2) is 157 Å². The quantitative estimate of drug-likeness (QED) is 0.179. The Morgan fingerprint density at radius 3 is 2.09 bits per heavy atom. The van der Waals surface area contributed by atoms with Gasteiger partial charge in [0.05, 0.1) is 21.3 Å². The average molecular weight is 711 g/mol. The summed E-state index contributed by atoms with van der Waals surface area (Å²) in [5, 5.41) is 1.17. The van der Waals surface area contributed by atoms with E-state index in [1.807, 2.05) is 0 Å². The van der Waals surface area contributed by atoms with Gasteiger partial charge in [-0.2, -0.15) is 0 Å². The van der Waals surface area contributed by atoms with Gasteiger partial charge in [0.1, 0.15) is 11.5 Å². The molecule has 0 amide bonds. The van der Waals surface area contributed by atoms with Crippen LogP contribution in [-0.2, 0) is 10.8 Å². The maximum Gasteiger partial charge on any atom is 0.160 e. The molecule has 0 fully saturated rings. The van der Waals surface area contributed by atoms with Crippen molar-refractivity contribution in [1.29, 1.82) is 0 Å². The highest BCUT2D eigenvalue weighted by molar-refractivity contribution is 7.26. The van der Waals surface area contributed by atoms with Crippen LogP contribution < -0.4 is 4.74 Å². The second kappa shape index (κ2) is 10.7. The van der Waals surface area contributed by atoms with Crippen molar-refractivity contribution in [3.8, 4) is 50.6 Å². The lowest BCUT2D eigenvalue weighted by atomic mass is 9.64. The fourth-order valence-corrected chi connectivity index (χ4v) is 11.2. The van der Waals surface area contributed by atoms with E-state index in [1.165, 1.54) is 65.7 Å². The first-order chi connectivity index (χ1) is 26.5. The molecule has 0 radical (unpaired) electrons. The molecule has 4 aliphatic rings. The Morgan fingerprint density at radius 1 is 0.574 bits per heavy atom. The average Bonchev–Trinajstić information content (AvgIpc) is 3.82. The van der Waals surface area contributed by atoms with Gasteiger partial charge in [-0.25, -0.2) is 9.97 Å². The summed E-state index contributed by atoms with van der Waals surface area (Å²) < 4.78 is 8.95. The molecule has 54 heavy (non-hydrogen) atoms. The van der Waals surface area contributed by atoms with E-state index in [9.17, 15) is 0 Å². The lowest BCUT2D eigenvalue weighted by Crippen LogP contribution is -2.36. The second-order valence-corrected chi connectivity index (χ2v) is 16.6. The van der Waals surface area contributed by atoms with Crippen LogP contribution in [0.3, 0.4) is 0 Å². The van der Waals surface area contributed by atoms with Crippen molar-refractivity contribution in [3.63, 3.8) is 0 Å². The third-order valence-corrected chi connectivity index (χ3v) is 13.6. The van der Waals surface area contributed by atoms with Crippen LogP contribution in [-0.4, -0.2) is 9.97 Å².